The summed E-state index contributed by atoms with van der Waals surface area (Å²) in [6, 6.07) is 5.71. The van der Waals surface area contributed by atoms with E-state index in [1.54, 1.807) is 14.2 Å². The maximum atomic E-state index is 10.8. The molecule has 1 unspecified atom stereocenters. The highest BCUT2D eigenvalue weighted by atomic mass is 16.5. The average Bonchev–Trinajstić information content (AvgIpc) is 2.53. The molecule has 0 saturated carbocycles. The van der Waals surface area contributed by atoms with Crippen LogP contribution in [-0.2, 0) is 11.2 Å². The largest absolute Gasteiger partial charge is 0.493 e. The molecular formula is C17H24N2O3. The lowest BCUT2D eigenvalue weighted by Crippen LogP contribution is -2.29. The second kappa shape index (κ2) is 9.69. The number of hydrogen-bond acceptors (Lipinski definition) is 4. The molecule has 1 aromatic rings. The van der Waals surface area contributed by atoms with Crippen LogP contribution in [0, 0.1) is 11.8 Å². The number of amides is 1. The number of para-hydroxylation sites is 1. The summed E-state index contributed by atoms with van der Waals surface area (Å²) in [5.74, 6) is 6.13. The number of nitrogens with two attached hydrogens (primary N) is 1. The van der Waals surface area contributed by atoms with E-state index in [1.807, 2.05) is 18.2 Å². The highest BCUT2D eigenvalue weighted by Crippen LogP contribution is 2.31. The Morgan fingerprint density at radius 2 is 2.14 bits per heavy atom. The molecule has 22 heavy (non-hydrogen) atoms. The molecule has 1 atom stereocenters. The third-order valence-electron chi connectivity index (χ3n) is 3.20. The van der Waals surface area contributed by atoms with E-state index in [-0.39, 0.29) is 6.04 Å². The second-order valence-corrected chi connectivity index (χ2v) is 4.83. The van der Waals surface area contributed by atoms with Gasteiger partial charge in [0.25, 0.3) is 5.91 Å². The van der Waals surface area contributed by atoms with Gasteiger partial charge in [-0.2, -0.15) is 0 Å². The van der Waals surface area contributed by atoms with Gasteiger partial charge in [0.2, 0.25) is 0 Å². The second-order valence-electron chi connectivity index (χ2n) is 4.83. The molecule has 0 fully saturated rings. The van der Waals surface area contributed by atoms with E-state index in [9.17, 15) is 4.79 Å². The Morgan fingerprint density at radius 3 is 2.73 bits per heavy atom. The normalized spacial score (nSPS) is 11.2. The number of carbonyl (C=O) groups is 1. The molecule has 0 aromatic heterocycles. The van der Waals surface area contributed by atoms with Crippen LogP contribution in [0.3, 0.4) is 0 Å². The zero-order valence-electron chi connectivity index (χ0n) is 13.4. The summed E-state index contributed by atoms with van der Waals surface area (Å²) in [6.45, 7) is 2.92. The van der Waals surface area contributed by atoms with Gasteiger partial charge < -0.3 is 20.5 Å². The molecule has 5 heteroatoms. The Hall–Kier alpha value is -2.19. The number of aryl methyl sites for hydroxylation is 1. The summed E-state index contributed by atoms with van der Waals surface area (Å²) in [4.78, 5) is 10.8. The first-order valence-electron chi connectivity index (χ1n) is 7.36. The Morgan fingerprint density at radius 1 is 1.36 bits per heavy atom. The first-order valence-corrected chi connectivity index (χ1v) is 7.36. The van der Waals surface area contributed by atoms with Gasteiger partial charge in [-0.05, 0) is 43.4 Å². The van der Waals surface area contributed by atoms with E-state index in [0.717, 1.165) is 37.1 Å². The van der Waals surface area contributed by atoms with E-state index in [0.29, 0.717) is 5.75 Å². The van der Waals surface area contributed by atoms with Gasteiger partial charge in [-0.25, -0.2) is 0 Å². The lowest BCUT2D eigenvalue weighted by atomic mass is 10.0. The van der Waals surface area contributed by atoms with Crippen molar-refractivity contribution in [2.24, 2.45) is 5.73 Å². The van der Waals surface area contributed by atoms with E-state index in [2.05, 4.69) is 24.1 Å². The average molecular weight is 304 g/mol. The molecule has 120 valence electrons. The number of benzene rings is 1. The predicted molar refractivity (Wildman–Crippen MR) is 86.9 cm³/mol. The van der Waals surface area contributed by atoms with Crippen molar-refractivity contribution in [3.8, 4) is 23.3 Å². The lowest BCUT2D eigenvalue weighted by Gasteiger charge is -2.15. The van der Waals surface area contributed by atoms with Gasteiger partial charge in [0.15, 0.2) is 11.5 Å². The van der Waals surface area contributed by atoms with Gasteiger partial charge >= 0.3 is 0 Å². The van der Waals surface area contributed by atoms with Crippen molar-refractivity contribution in [1.29, 1.82) is 0 Å². The molecule has 3 N–H and O–H groups in total. The van der Waals surface area contributed by atoms with Gasteiger partial charge in [0, 0.05) is 0 Å². The first-order chi connectivity index (χ1) is 10.6. The highest BCUT2D eigenvalue weighted by Gasteiger charge is 2.11. The molecule has 1 amide bonds. The summed E-state index contributed by atoms with van der Waals surface area (Å²) in [7, 11) is 3.24. The molecule has 1 rings (SSSR count). The minimum atomic E-state index is -0.609. The van der Waals surface area contributed by atoms with Gasteiger partial charge in [-0.3, -0.25) is 4.79 Å². The molecule has 0 bridgehead atoms. The number of ether oxygens (including phenoxy) is 2. The van der Waals surface area contributed by atoms with Gasteiger partial charge in [0.1, 0.15) is 0 Å². The highest BCUT2D eigenvalue weighted by molar-refractivity contribution is 5.92. The number of primary amides is 1. The van der Waals surface area contributed by atoms with Gasteiger partial charge in [0.05, 0.1) is 20.3 Å². The smallest absolute Gasteiger partial charge is 0.293 e. The van der Waals surface area contributed by atoms with Crippen LogP contribution in [0.5, 0.6) is 11.5 Å². The standard InChI is InChI=1S/C17H24N2O3/c1-4-12-19-14(10-11-16(18)20)9-8-13-6-5-7-15(21-2)17(13)22-3/h5-7,14,19H,4,8-9,12H2,1-3H3,(H2,18,20). The van der Waals surface area contributed by atoms with E-state index in [4.69, 9.17) is 15.2 Å². The van der Waals surface area contributed by atoms with Crippen LogP contribution < -0.4 is 20.5 Å². The Kier molecular flexibility index (Phi) is 7.87. The van der Waals surface area contributed by atoms with Crippen LogP contribution in [0.15, 0.2) is 18.2 Å². The number of rotatable bonds is 8. The van der Waals surface area contributed by atoms with Crippen LogP contribution in [0.25, 0.3) is 0 Å². The van der Waals surface area contributed by atoms with Crippen LogP contribution in [0.4, 0.5) is 0 Å². The van der Waals surface area contributed by atoms with Gasteiger partial charge in [-0.1, -0.05) is 25.0 Å². The third kappa shape index (κ3) is 5.66. The number of methoxy groups -OCH3 is 2. The van der Waals surface area contributed by atoms with Crippen molar-refractivity contribution in [2.45, 2.75) is 32.2 Å². The van der Waals surface area contributed by atoms with Gasteiger partial charge in [-0.15, -0.1) is 0 Å². The summed E-state index contributed by atoms with van der Waals surface area (Å²) in [6.07, 6.45) is 2.51. The van der Waals surface area contributed by atoms with Crippen molar-refractivity contribution >= 4 is 5.91 Å². The van der Waals surface area contributed by atoms with Crippen molar-refractivity contribution < 1.29 is 14.3 Å². The monoisotopic (exact) mass is 304 g/mol. The predicted octanol–water partition coefficient (Wildman–Crippen LogP) is 1.49. The Bertz CT molecular complexity index is 547. The number of nitrogens with one attached hydrogen (secondary N) is 1. The topological polar surface area (TPSA) is 73.6 Å². The van der Waals surface area contributed by atoms with E-state index >= 15 is 0 Å². The quantitative estimate of drug-likeness (QED) is 0.714. The minimum Gasteiger partial charge on any atom is -0.493 e. The molecule has 0 heterocycles. The van der Waals surface area contributed by atoms with E-state index in [1.165, 1.54) is 0 Å². The summed E-state index contributed by atoms with van der Waals surface area (Å²) < 4.78 is 10.7. The maximum Gasteiger partial charge on any atom is 0.293 e. The van der Waals surface area contributed by atoms with Crippen LogP contribution in [0.1, 0.15) is 25.3 Å². The molecule has 0 aliphatic carbocycles. The summed E-state index contributed by atoms with van der Waals surface area (Å²) in [5.41, 5.74) is 6.13. The molecule has 0 saturated heterocycles. The SMILES string of the molecule is CCCNC(C#CC(N)=O)CCc1cccc(OC)c1OC. The molecule has 0 aliphatic rings. The first kappa shape index (κ1) is 17.9. The molecule has 0 aliphatic heterocycles. The zero-order valence-corrected chi connectivity index (χ0v) is 13.4. The number of carbonyl (C=O) groups excluding carboxylic acids is 1. The molecule has 0 radical (unpaired) electrons. The van der Waals surface area contributed by atoms with E-state index < -0.39 is 5.91 Å². The fraction of sp³-hybridized carbons (Fsp3) is 0.471. The zero-order chi connectivity index (χ0) is 16.4. The minimum absolute atomic E-state index is 0.0802. The van der Waals surface area contributed by atoms with Crippen molar-refractivity contribution in [1.82, 2.24) is 5.32 Å². The summed E-state index contributed by atoms with van der Waals surface area (Å²) in [5, 5.41) is 3.31. The van der Waals surface area contributed by atoms with Crippen LogP contribution in [0.2, 0.25) is 0 Å². The van der Waals surface area contributed by atoms with Crippen LogP contribution >= 0.6 is 0 Å². The van der Waals surface area contributed by atoms with Crippen molar-refractivity contribution in [2.75, 3.05) is 20.8 Å². The van der Waals surface area contributed by atoms with Crippen molar-refractivity contribution in [3.05, 3.63) is 23.8 Å². The lowest BCUT2D eigenvalue weighted by molar-refractivity contribution is -0.112. The Balaban J connectivity index is 2.80. The molecule has 1 aromatic carbocycles. The Labute approximate surface area is 132 Å². The number of hydrogen-bond donors (Lipinski definition) is 2. The fourth-order valence-electron chi connectivity index (χ4n) is 2.15. The summed E-state index contributed by atoms with van der Waals surface area (Å²) >= 11 is 0. The van der Waals surface area contributed by atoms with Crippen LogP contribution in [-0.4, -0.2) is 32.7 Å². The van der Waals surface area contributed by atoms with Crippen molar-refractivity contribution in [3.63, 3.8) is 0 Å². The fourth-order valence-corrected chi connectivity index (χ4v) is 2.15. The maximum absolute atomic E-state index is 10.8. The molecule has 5 nitrogen and oxygen atoms in total. The molecular weight excluding hydrogens is 280 g/mol. The molecule has 0 spiro atoms. The third-order valence-corrected chi connectivity index (χ3v) is 3.20.